The Morgan fingerprint density at radius 3 is 2.60 bits per heavy atom. The first-order valence-corrected chi connectivity index (χ1v) is 10.3. The number of aromatic nitrogens is 1. The van der Waals surface area contributed by atoms with Gasteiger partial charge in [-0.15, -0.1) is 11.8 Å². The highest BCUT2D eigenvalue weighted by Crippen LogP contribution is 2.31. The summed E-state index contributed by atoms with van der Waals surface area (Å²) in [5.41, 5.74) is 6.79. The van der Waals surface area contributed by atoms with Crippen LogP contribution in [0.25, 0.3) is 0 Å². The zero-order valence-electron chi connectivity index (χ0n) is 14.2. The van der Waals surface area contributed by atoms with Gasteiger partial charge in [0.15, 0.2) is 9.84 Å². The summed E-state index contributed by atoms with van der Waals surface area (Å²) >= 11 is 1.58. The third-order valence-corrected chi connectivity index (χ3v) is 6.44. The quantitative estimate of drug-likeness (QED) is 0.609. The van der Waals surface area contributed by atoms with E-state index in [1.54, 1.807) is 31.8 Å². The Labute approximate surface area is 151 Å². The molecule has 0 amide bonds. The van der Waals surface area contributed by atoms with Gasteiger partial charge in [-0.25, -0.2) is 8.42 Å². The Hall–Kier alpha value is -2.24. The summed E-state index contributed by atoms with van der Waals surface area (Å²) in [7, 11) is -3.55. The van der Waals surface area contributed by atoms with Crippen LogP contribution in [0.3, 0.4) is 0 Å². The maximum atomic E-state index is 12.4. The molecule has 2 N–H and O–H groups in total. The van der Waals surface area contributed by atoms with E-state index in [4.69, 9.17) is 10.5 Å². The first kappa shape index (κ1) is 19.1. The Morgan fingerprint density at radius 2 is 2.08 bits per heavy atom. The van der Waals surface area contributed by atoms with Crippen molar-refractivity contribution < 1.29 is 13.2 Å². The van der Waals surface area contributed by atoms with Crippen LogP contribution in [0.5, 0.6) is 5.75 Å². The van der Waals surface area contributed by atoms with Gasteiger partial charge in [0, 0.05) is 17.2 Å². The minimum absolute atomic E-state index is 0.0222. The van der Waals surface area contributed by atoms with Crippen LogP contribution in [-0.4, -0.2) is 24.9 Å². The van der Waals surface area contributed by atoms with Crippen molar-refractivity contribution in [1.82, 2.24) is 4.98 Å². The highest BCUT2D eigenvalue weighted by Gasteiger charge is 2.22. The van der Waals surface area contributed by atoms with Crippen LogP contribution >= 0.6 is 11.8 Å². The zero-order chi connectivity index (χ0) is 18.6. The normalized spacial score (nSPS) is 11.3. The molecule has 0 saturated heterocycles. The lowest BCUT2D eigenvalue weighted by atomic mass is 10.2. The molecule has 1 heterocycles. The number of nitrogens with two attached hydrogens (primary N) is 1. The first-order chi connectivity index (χ1) is 11.8. The number of rotatable bonds is 6. The number of thioether (sulfide) groups is 1. The molecule has 1 aromatic heterocycles. The van der Waals surface area contributed by atoms with Crippen LogP contribution in [0.2, 0.25) is 0 Å². The summed E-state index contributed by atoms with van der Waals surface area (Å²) in [5.74, 6) is 0.161. The van der Waals surface area contributed by atoms with Crippen molar-refractivity contribution >= 4 is 27.3 Å². The molecule has 0 aliphatic rings. The predicted molar refractivity (Wildman–Crippen MR) is 98.2 cm³/mol. The Kier molecular flexibility index (Phi) is 5.93. The second-order valence-corrected chi connectivity index (χ2v) is 8.95. The van der Waals surface area contributed by atoms with E-state index in [1.165, 1.54) is 12.1 Å². The molecule has 0 radical (unpaired) electrons. The van der Waals surface area contributed by atoms with Gasteiger partial charge in [0.05, 0.1) is 27.1 Å². The molecule has 0 saturated carbocycles. The van der Waals surface area contributed by atoms with E-state index in [1.807, 2.05) is 24.5 Å². The van der Waals surface area contributed by atoms with Crippen molar-refractivity contribution in [2.45, 2.75) is 35.5 Å². The summed E-state index contributed by atoms with van der Waals surface area (Å²) in [6, 6.07) is 8.29. The number of benzene rings is 1. The first-order valence-electron chi connectivity index (χ1n) is 7.48. The van der Waals surface area contributed by atoms with E-state index in [0.29, 0.717) is 5.69 Å². The summed E-state index contributed by atoms with van der Waals surface area (Å²) in [6.45, 7) is 3.28. The summed E-state index contributed by atoms with van der Waals surface area (Å²) in [5, 5.41) is 8.60. The van der Waals surface area contributed by atoms with Crippen LogP contribution in [0, 0.1) is 11.3 Å². The molecule has 6 nitrogen and oxygen atoms in total. The molecule has 1 aromatic carbocycles. The maximum absolute atomic E-state index is 12.4. The zero-order valence-corrected chi connectivity index (χ0v) is 15.8. The van der Waals surface area contributed by atoms with Crippen molar-refractivity contribution in [3.8, 4) is 11.8 Å². The van der Waals surface area contributed by atoms with Crippen LogP contribution in [0.4, 0.5) is 5.69 Å². The van der Waals surface area contributed by atoms with Gasteiger partial charge in [-0.1, -0.05) is 0 Å². The van der Waals surface area contributed by atoms with Crippen molar-refractivity contribution in [2.75, 3.05) is 12.0 Å². The molecule has 0 fully saturated rings. The number of hydrogen-bond donors (Lipinski definition) is 1. The highest BCUT2D eigenvalue weighted by atomic mass is 32.2. The van der Waals surface area contributed by atoms with E-state index >= 15 is 0 Å². The number of anilines is 1. The van der Waals surface area contributed by atoms with Crippen LogP contribution in [0.15, 0.2) is 40.3 Å². The maximum Gasteiger partial charge on any atom is 0.180 e. The second kappa shape index (κ2) is 7.76. The summed E-state index contributed by atoms with van der Waals surface area (Å²) in [4.78, 5) is 5.32. The van der Waals surface area contributed by atoms with Gasteiger partial charge < -0.3 is 10.5 Å². The summed E-state index contributed by atoms with van der Waals surface area (Å²) < 4.78 is 30.4. The van der Waals surface area contributed by atoms with Gasteiger partial charge in [0.2, 0.25) is 0 Å². The standard InChI is InChI=1S/C17H19N3O3S2/c1-11(2)25(21,22)15-6-12(8-18)17(19)16(7-15)23-10-13-4-5-14(24-3)9-20-13/h4-7,9,11H,10,19H2,1-3H3. The average Bonchev–Trinajstić information content (AvgIpc) is 2.61. The molecule has 25 heavy (non-hydrogen) atoms. The lowest BCUT2D eigenvalue weighted by molar-refractivity contribution is 0.302. The number of pyridine rings is 1. The Bertz CT molecular complexity index is 902. The number of nitriles is 1. The van der Waals surface area contributed by atoms with E-state index in [0.717, 1.165) is 4.90 Å². The Morgan fingerprint density at radius 1 is 1.36 bits per heavy atom. The largest absolute Gasteiger partial charge is 0.485 e. The fourth-order valence-corrected chi connectivity index (χ4v) is 3.48. The van der Waals surface area contributed by atoms with E-state index in [-0.39, 0.29) is 28.5 Å². The molecule has 132 valence electrons. The van der Waals surface area contributed by atoms with Crippen molar-refractivity contribution in [1.29, 1.82) is 5.26 Å². The third kappa shape index (κ3) is 4.24. The average molecular weight is 377 g/mol. The highest BCUT2D eigenvalue weighted by molar-refractivity contribution is 7.98. The minimum atomic E-state index is -3.55. The van der Waals surface area contributed by atoms with Crippen LogP contribution in [-0.2, 0) is 16.4 Å². The SMILES string of the molecule is CSc1ccc(COc2cc(S(=O)(=O)C(C)C)cc(C#N)c2N)nc1. The molecule has 0 unspecified atom stereocenters. The van der Waals surface area contributed by atoms with Gasteiger partial charge in [0.25, 0.3) is 0 Å². The molecular weight excluding hydrogens is 358 g/mol. The van der Waals surface area contributed by atoms with Crippen LogP contribution in [0.1, 0.15) is 25.1 Å². The van der Waals surface area contributed by atoms with Gasteiger partial charge in [-0.2, -0.15) is 5.26 Å². The third-order valence-electron chi connectivity index (χ3n) is 3.59. The molecule has 0 aliphatic carbocycles. The lowest BCUT2D eigenvalue weighted by Crippen LogP contribution is -2.15. The molecule has 0 spiro atoms. The monoisotopic (exact) mass is 377 g/mol. The van der Waals surface area contributed by atoms with E-state index < -0.39 is 15.1 Å². The lowest BCUT2D eigenvalue weighted by Gasteiger charge is -2.14. The topological polar surface area (TPSA) is 106 Å². The number of hydrogen-bond acceptors (Lipinski definition) is 7. The van der Waals surface area contributed by atoms with Gasteiger partial charge in [0.1, 0.15) is 18.4 Å². The van der Waals surface area contributed by atoms with Crippen LogP contribution < -0.4 is 10.5 Å². The van der Waals surface area contributed by atoms with Gasteiger partial charge >= 0.3 is 0 Å². The van der Waals surface area contributed by atoms with Crippen molar-refractivity contribution in [3.05, 3.63) is 41.7 Å². The molecule has 2 aromatic rings. The molecule has 8 heteroatoms. The van der Waals surface area contributed by atoms with Gasteiger partial charge in [-0.3, -0.25) is 4.98 Å². The number of ether oxygens (including phenoxy) is 1. The minimum Gasteiger partial charge on any atom is -0.485 e. The molecule has 0 atom stereocenters. The smallest absolute Gasteiger partial charge is 0.180 e. The number of sulfone groups is 1. The fourth-order valence-electron chi connectivity index (χ4n) is 2.02. The van der Waals surface area contributed by atoms with Crippen molar-refractivity contribution in [2.24, 2.45) is 0 Å². The molecular formula is C17H19N3O3S2. The Balaban J connectivity index is 2.34. The number of nitrogens with zero attached hydrogens (tertiary/aromatic N) is 2. The van der Waals surface area contributed by atoms with E-state index in [2.05, 4.69) is 4.98 Å². The second-order valence-electron chi connectivity index (χ2n) is 5.57. The van der Waals surface area contributed by atoms with Gasteiger partial charge in [-0.05, 0) is 38.3 Å². The fraction of sp³-hybridized carbons (Fsp3) is 0.294. The number of nitrogen functional groups attached to an aromatic ring is 1. The predicted octanol–water partition coefficient (Wildman–Crippen LogP) is 3.02. The van der Waals surface area contributed by atoms with Crippen molar-refractivity contribution in [3.63, 3.8) is 0 Å². The molecule has 0 aliphatic heterocycles. The molecule has 0 bridgehead atoms. The van der Waals surface area contributed by atoms with E-state index in [9.17, 15) is 13.7 Å². The molecule has 2 rings (SSSR count). The summed E-state index contributed by atoms with van der Waals surface area (Å²) in [6.07, 6.45) is 3.69.